The summed E-state index contributed by atoms with van der Waals surface area (Å²) in [6, 6.07) is 12.1. The summed E-state index contributed by atoms with van der Waals surface area (Å²) < 4.78 is 76.0. The third-order valence-electron chi connectivity index (χ3n) is 6.02. The molecule has 2 heterocycles. The molecule has 5 aromatic rings. The molecule has 13 heteroatoms. The van der Waals surface area contributed by atoms with Crippen molar-refractivity contribution in [1.82, 2.24) is 9.72 Å². The van der Waals surface area contributed by atoms with Crippen LogP contribution in [0.25, 0.3) is 27.7 Å². The smallest absolute Gasteiger partial charge is 0.479 e. The number of carboxylic acids is 1. The largest absolute Gasteiger partial charge is 0.573 e. The average Bonchev–Trinajstić information content (AvgIpc) is 3.40. The summed E-state index contributed by atoms with van der Waals surface area (Å²) in [5.74, 6) is -2.48. The number of rotatable bonds is 8. The number of ether oxygens (including phenoxy) is 3. The number of carbonyl (C=O) groups is 1. The van der Waals surface area contributed by atoms with E-state index in [-0.39, 0.29) is 29.1 Å². The van der Waals surface area contributed by atoms with E-state index in [4.69, 9.17) is 25.6 Å². The van der Waals surface area contributed by atoms with Crippen LogP contribution in [0.4, 0.5) is 17.6 Å². The predicted octanol–water partition coefficient (Wildman–Crippen LogP) is 7.81. The lowest BCUT2D eigenvalue weighted by Gasteiger charge is -2.15. The fourth-order valence-electron chi connectivity index (χ4n) is 4.24. The lowest BCUT2D eigenvalue weighted by molar-refractivity contribution is -0.274. The third kappa shape index (κ3) is 5.22. The Morgan fingerprint density at radius 1 is 1.10 bits per heavy atom. The van der Waals surface area contributed by atoms with Crippen molar-refractivity contribution in [2.75, 3.05) is 0 Å². The zero-order valence-electron chi connectivity index (χ0n) is 20.8. The molecule has 2 aromatic heterocycles. The fourth-order valence-corrected chi connectivity index (χ4v) is 4.41. The highest BCUT2D eigenvalue weighted by molar-refractivity contribution is 6.31. The lowest BCUT2D eigenvalue weighted by atomic mass is 10.2. The number of nitrogens with zero attached hydrogens (tertiary/aromatic N) is 2. The van der Waals surface area contributed by atoms with E-state index in [9.17, 15) is 27.5 Å². The standard InChI is InChI=1S/C27H19ClF4N2O6/c1-3-21(26(35)36)38-23-12-15(5-8-19(23)29)37-24-13(2)34(25-17-7-4-14(28)10-22(17)40-33-25)20-9-6-16(11-18(20)24)39-27(30,31)32/h4-12,21H,3H2,1-2H3,(H,35,36)/t21-/m0/s1. The topological polar surface area (TPSA) is 96.0 Å². The van der Waals surface area contributed by atoms with Gasteiger partial charge in [-0.25, -0.2) is 9.18 Å². The number of hydrogen-bond donors (Lipinski definition) is 1. The second-order valence-electron chi connectivity index (χ2n) is 8.67. The van der Waals surface area contributed by atoms with Gasteiger partial charge in [-0.1, -0.05) is 23.7 Å². The van der Waals surface area contributed by atoms with Crippen LogP contribution in [-0.2, 0) is 4.79 Å². The number of hydrogen-bond acceptors (Lipinski definition) is 6. The van der Waals surface area contributed by atoms with Crippen LogP contribution in [0.2, 0.25) is 5.02 Å². The second kappa shape index (κ2) is 10.3. The van der Waals surface area contributed by atoms with Gasteiger partial charge in [0, 0.05) is 22.5 Å². The second-order valence-corrected chi connectivity index (χ2v) is 9.11. The van der Waals surface area contributed by atoms with Crippen molar-refractivity contribution in [3.05, 3.63) is 71.1 Å². The fraction of sp³-hybridized carbons (Fsp3) is 0.185. The highest BCUT2D eigenvalue weighted by atomic mass is 35.5. The highest BCUT2D eigenvalue weighted by Gasteiger charge is 2.32. The lowest BCUT2D eigenvalue weighted by Crippen LogP contribution is -2.26. The van der Waals surface area contributed by atoms with E-state index in [2.05, 4.69) is 9.89 Å². The summed E-state index contributed by atoms with van der Waals surface area (Å²) in [6.45, 7) is 3.21. The van der Waals surface area contributed by atoms with Crippen LogP contribution in [-0.4, -0.2) is 33.3 Å². The summed E-state index contributed by atoms with van der Waals surface area (Å²) in [6.07, 6.45) is -6.16. The van der Waals surface area contributed by atoms with Gasteiger partial charge in [0.05, 0.1) is 16.6 Å². The molecule has 40 heavy (non-hydrogen) atoms. The highest BCUT2D eigenvalue weighted by Crippen LogP contribution is 2.42. The van der Waals surface area contributed by atoms with Crippen molar-refractivity contribution >= 4 is 39.4 Å². The molecule has 0 bridgehead atoms. The van der Waals surface area contributed by atoms with Gasteiger partial charge in [0.1, 0.15) is 11.5 Å². The Morgan fingerprint density at radius 2 is 1.85 bits per heavy atom. The van der Waals surface area contributed by atoms with Gasteiger partial charge < -0.3 is 23.8 Å². The molecule has 0 saturated heterocycles. The van der Waals surface area contributed by atoms with Crippen molar-refractivity contribution in [3.8, 4) is 28.8 Å². The first-order chi connectivity index (χ1) is 18.9. The molecule has 0 aliphatic carbocycles. The Morgan fingerprint density at radius 3 is 2.55 bits per heavy atom. The maximum atomic E-state index is 14.4. The number of fused-ring (bicyclic) bond motifs is 2. The van der Waals surface area contributed by atoms with Crippen molar-refractivity contribution in [2.45, 2.75) is 32.7 Å². The molecule has 0 radical (unpaired) electrons. The number of halogens is 5. The van der Waals surface area contributed by atoms with E-state index in [0.29, 0.717) is 33.0 Å². The van der Waals surface area contributed by atoms with Crippen LogP contribution >= 0.6 is 11.6 Å². The number of benzene rings is 3. The third-order valence-corrected chi connectivity index (χ3v) is 6.25. The predicted molar refractivity (Wildman–Crippen MR) is 136 cm³/mol. The van der Waals surface area contributed by atoms with Crippen LogP contribution in [0.3, 0.4) is 0 Å². The average molecular weight is 579 g/mol. The molecule has 0 fully saturated rings. The summed E-state index contributed by atoms with van der Waals surface area (Å²) >= 11 is 6.06. The van der Waals surface area contributed by atoms with Gasteiger partial charge in [-0.15, -0.1) is 13.2 Å². The van der Waals surface area contributed by atoms with E-state index in [1.54, 1.807) is 36.6 Å². The van der Waals surface area contributed by atoms with Crippen LogP contribution in [0, 0.1) is 12.7 Å². The van der Waals surface area contributed by atoms with Crippen LogP contribution in [0.1, 0.15) is 19.0 Å². The Hall–Kier alpha value is -4.45. The Bertz CT molecular complexity index is 1750. The van der Waals surface area contributed by atoms with Crippen molar-refractivity contribution < 1.29 is 46.2 Å². The molecule has 5 rings (SSSR count). The summed E-state index contributed by atoms with van der Waals surface area (Å²) in [5, 5.41) is 14.6. The van der Waals surface area contributed by atoms with Gasteiger partial charge in [0.2, 0.25) is 0 Å². The SMILES string of the molecule is CC[C@H](Oc1cc(Oc2c(C)n(-c3noc4cc(Cl)ccc34)c3ccc(OC(F)(F)F)cc23)ccc1F)C(=O)O. The first kappa shape index (κ1) is 27.1. The first-order valence-electron chi connectivity index (χ1n) is 11.8. The van der Waals surface area contributed by atoms with Crippen LogP contribution in [0.15, 0.2) is 59.1 Å². The monoisotopic (exact) mass is 578 g/mol. The number of alkyl halides is 3. The maximum Gasteiger partial charge on any atom is 0.573 e. The van der Waals surface area contributed by atoms with Gasteiger partial charge in [-0.05, 0) is 55.8 Å². The van der Waals surface area contributed by atoms with Gasteiger partial charge in [-0.3, -0.25) is 4.57 Å². The molecule has 1 N–H and O–H groups in total. The Balaban J connectivity index is 1.65. The van der Waals surface area contributed by atoms with Crippen LogP contribution < -0.4 is 14.2 Å². The molecule has 0 spiro atoms. The van der Waals surface area contributed by atoms with E-state index in [1.807, 2.05) is 0 Å². The van der Waals surface area contributed by atoms with Crippen molar-refractivity contribution in [1.29, 1.82) is 0 Å². The zero-order valence-corrected chi connectivity index (χ0v) is 21.5. The molecule has 0 aliphatic heterocycles. The number of aromatic nitrogens is 2. The van der Waals surface area contributed by atoms with E-state index >= 15 is 0 Å². The van der Waals surface area contributed by atoms with E-state index in [0.717, 1.165) is 24.3 Å². The normalized spacial score (nSPS) is 12.6. The molecule has 0 unspecified atom stereocenters. The van der Waals surface area contributed by atoms with Crippen molar-refractivity contribution in [2.24, 2.45) is 0 Å². The summed E-state index contributed by atoms with van der Waals surface area (Å²) in [7, 11) is 0. The van der Waals surface area contributed by atoms with Crippen molar-refractivity contribution in [3.63, 3.8) is 0 Å². The molecule has 208 valence electrons. The number of carboxylic acid groups (broad SMARTS) is 1. The minimum absolute atomic E-state index is 0.0396. The minimum atomic E-state index is -4.93. The zero-order chi connectivity index (χ0) is 28.8. The molecule has 0 amide bonds. The van der Waals surface area contributed by atoms with Gasteiger partial charge in [0.25, 0.3) is 0 Å². The Labute approximate surface area is 228 Å². The quantitative estimate of drug-likeness (QED) is 0.188. The first-order valence-corrected chi connectivity index (χ1v) is 12.2. The molecular formula is C27H19ClF4N2O6. The summed E-state index contributed by atoms with van der Waals surface area (Å²) in [5.41, 5.74) is 1.20. The molecular weight excluding hydrogens is 560 g/mol. The number of aliphatic carboxylic acids is 1. The molecule has 0 saturated carbocycles. The summed E-state index contributed by atoms with van der Waals surface area (Å²) in [4.78, 5) is 11.4. The van der Waals surface area contributed by atoms with Gasteiger partial charge in [-0.2, -0.15) is 0 Å². The van der Waals surface area contributed by atoms with E-state index in [1.165, 1.54) is 12.1 Å². The molecule has 8 nitrogen and oxygen atoms in total. The molecule has 1 atom stereocenters. The van der Waals surface area contributed by atoms with Gasteiger partial charge in [0.15, 0.2) is 34.8 Å². The minimum Gasteiger partial charge on any atom is -0.479 e. The molecule has 3 aromatic carbocycles. The van der Waals surface area contributed by atoms with Crippen LogP contribution in [0.5, 0.6) is 23.0 Å². The van der Waals surface area contributed by atoms with E-state index < -0.39 is 30.0 Å². The van der Waals surface area contributed by atoms with Gasteiger partial charge >= 0.3 is 12.3 Å². The molecule has 0 aliphatic rings. The Kier molecular flexibility index (Phi) is 6.96. The maximum absolute atomic E-state index is 14.4.